The average Bonchev–Trinajstić information content (AvgIpc) is 2.25. The molecule has 0 heterocycles. The van der Waals surface area contributed by atoms with E-state index in [-0.39, 0.29) is 5.92 Å². The van der Waals surface area contributed by atoms with Crippen molar-refractivity contribution in [3.8, 4) is 0 Å². The number of hydrogen-bond acceptors (Lipinski definition) is 2. The van der Waals surface area contributed by atoms with Crippen LogP contribution in [0.5, 0.6) is 0 Å². The zero-order chi connectivity index (χ0) is 12.1. The maximum absolute atomic E-state index is 10.2. The lowest BCUT2D eigenvalue weighted by molar-refractivity contribution is 0.107. The molecule has 0 aliphatic heterocycles. The Morgan fingerprint density at radius 1 is 1.44 bits per heavy atom. The lowest BCUT2D eigenvalue weighted by atomic mass is 9.91. The molecular weight excluding hydrogens is 222 g/mol. The van der Waals surface area contributed by atoms with Crippen LogP contribution in [0.15, 0.2) is 18.2 Å². The molecule has 3 N–H and O–H groups in total. The van der Waals surface area contributed by atoms with Gasteiger partial charge in [0.05, 0.1) is 6.10 Å². The largest absolute Gasteiger partial charge is 0.388 e. The van der Waals surface area contributed by atoms with E-state index in [1.54, 1.807) is 0 Å². The number of aliphatic hydroxyl groups excluding tert-OH is 1. The van der Waals surface area contributed by atoms with Gasteiger partial charge in [-0.05, 0) is 37.1 Å². The van der Waals surface area contributed by atoms with Crippen LogP contribution in [0.2, 0.25) is 5.02 Å². The highest BCUT2D eigenvalue weighted by molar-refractivity contribution is 6.31. The first-order valence-electron chi connectivity index (χ1n) is 5.74. The third kappa shape index (κ3) is 3.21. The van der Waals surface area contributed by atoms with Gasteiger partial charge in [-0.1, -0.05) is 37.1 Å². The molecule has 0 aliphatic rings. The van der Waals surface area contributed by atoms with Crippen LogP contribution in [0.3, 0.4) is 0 Å². The summed E-state index contributed by atoms with van der Waals surface area (Å²) in [5.41, 5.74) is 7.56. The topological polar surface area (TPSA) is 46.2 Å². The Morgan fingerprint density at radius 3 is 2.62 bits per heavy atom. The maximum Gasteiger partial charge on any atom is 0.0844 e. The fourth-order valence-electron chi connectivity index (χ4n) is 1.90. The SMILES string of the molecule is CCCC(CN)C(O)c1ccc(C)cc1Cl. The van der Waals surface area contributed by atoms with Crippen LogP contribution in [0.25, 0.3) is 0 Å². The Bertz CT molecular complexity index is 341. The highest BCUT2D eigenvalue weighted by atomic mass is 35.5. The minimum atomic E-state index is -0.557. The van der Waals surface area contributed by atoms with Crippen molar-refractivity contribution >= 4 is 11.6 Å². The molecule has 0 saturated carbocycles. The third-order valence-electron chi connectivity index (χ3n) is 2.88. The normalized spacial score (nSPS) is 14.8. The van der Waals surface area contributed by atoms with Crippen molar-refractivity contribution in [1.29, 1.82) is 0 Å². The van der Waals surface area contributed by atoms with Crippen molar-refractivity contribution in [1.82, 2.24) is 0 Å². The van der Waals surface area contributed by atoms with Gasteiger partial charge in [0.1, 0.15) is 0 Å². The molecule has 0 spiro atoms. The summed E-state index contributed by atoms with van der Waals surface area (Å²) in [5, 5.41) is 10.8. The molecule has 90 valence electrons. The van der Waals surface area contributed by atoms with Gasteiger partial charge in [0.25, 0.3) is 0 Å². The number of hydrogen-bond donors (Lipinski definition) is 2. The predicted molar refractivity (Wildman–Crippen MR) is 68.6 cm³/mol. The van der Waals surface area contributed by atoms with Crippen LogP contribution >= 0.6 is 11.6 Å². The van der Waals surface area contributed by atoms with Crippen LogP contribution in [0.1, 0.15) is 37.0 Å². The van der Waals surface area contributed by atoms with E-state index in [2.05, 4.69) is 6.92 Å². The number of halogens is 1. The molecule has 0 fully saturated rings. The Hall–Kier alpha value is -0.570. The summed E-state index contributed by atoms with van der Waals surface area (Å²) in [4.78, 5) is 0. The smallest absolute Gasteiger partial charge is 0.0844 e. The zero-order valence-corrected chi connectivity index (χ0v) is 10.7. The first kappa shape index (κ1) is 13.5. The van der Waals surface area contributed by atoms with E-state index >= 15 is 0 Å². The molecular formula is C13H20ClNO. The van der Waals surface area contributed by atoms with Crippen LogP contribution in [0, 0.1) is 12.8 Å². The molecule has 0 aliphatic carbocycles. The summed E-state index contributed by atoms with van der Waals surface area (Å²) in [6.45, 7) is 4.56. The van der Waals surface area contributed by atoms with Crippen LogP contribution in [-0.2, 0) is 0 Å². The number of rotatable bonds is 5. The molecule has 0 bridgehead atoms. The van der Waals surface area contributed by atoms with Gasteiger partial charge in [-0.15, -0.1) is 0 Å². The van der Waals surface area contributed by atoms with E-state index in [0.717, 1.165) is 24.0 Å². The molecule has 1 rings (SSSR count). The molecule has 0 aromatic heterocycles. The van der Waals surface area contributed by atoms with E-state index in [4.69, 9.17) is 17.3 Å². The number of aryl methyl sites for hydroxylation is 1. The number of nitrogens with two attached hydrogens (primary N) is 1. The summed E-state index contributed by atoms with van der Waals surface area (Å²) in [6.07, 6.45) is 1.38. The first-order chi connectivity index (χ1) is 7.60. The van der Waals surface area contributed by atoms with Crippen molar-refractivity contribution in [2.45, 2.75) is 32.8 Å². The minimum absolute atomic E-state index is 0.0882. The Kier molecular flexibility index (Phi) is 5.26. The van der Waals surface area contributed by atoms with E-state index in [9.17, 15) is 5.11 Å². The van der Waals surface area contributed by atoms with E-state index < -0.39 is 6.10 Å². The maximum atomic E-state index is 10.2. The standard InChI is InChI=1S/C13H20ClNO/c1-3-4-10(8-15)13(16)11-6-5-9(2)7-12(11)14/h5-7,10,13,16H,3-4,8,15H2,1-2H3. The van der Waals surface area contributed by atoms with Crippen LogP contribution in [-0.4, -0.2) is 11.7 Å². The fraction of sp³-hybridized carbons (Fsp3) is 0.538. The highest BCUT2D eigenvalue weighted by Gasteiger charge is 2.20. The molecule has 0 amide bonds. The lowest BCUT2D eigenvalue weighted by Gasteiger charge is -2.22. The second-order valence-corrected chi connectivity index (χ2v) is 4.66. The summed E-state index contributed by atoms with van der Waals surface area (Å²) in [5.74, 6) is 0.0882. The van der Waals surface area contributed by atoms with Gasteiger partial charge < -0.3 is 10.8 Å². The van der Waals surface area contributed by atoms with Gasteiger partial charge in [0.2, 0.25) is 0 Å². The number of benzene rings is 1. The molecule has 0 radical (unpaired) electrons. The summed E-state index contributed by atoms with van der Waals surface area (Å²) in [7, 11) is 0. The summed E-state index contributed by atoms with van der Waals surface area (Å²) < 4.78 is 0. The molecule has 16 heavy (non-hydrogen) atoms. The van der Waals surface area contributed by atoms with Crippen molar-refractivity contribution in [3.05, 3.63) is 34.3 Å². The molecule has 0 saturated heterocycles. The van der Waals surface area contributed by atoms with Gasteiger partial charge in [0.15, 0.2) is 0 Å². The van der Waals surface area contributed by atoms with Gasteiger partial charge >= 0.3 is 0 Å². The molecule has 2 nitrogen and oxygen atoms in total. The van der Waals surface area contributed by atoms with Gasteiger partial charge in [-0.25, -0.2) is 0 Å². The summed E-state index contributed by atoms with van der Waals surface area (Å²) in [6, 6.07) is 5.73. The molecule has 1 aromatic carbocycles. The van der Waals surface area contributed by atoms with E-state index in [1.165, 1.54) is 0 Å². The third-order valence-corrected chi connectivity index (χ3v) is 3.21. The highest BCUT2D eigenvalue weighted by Crippen LogP contribution is 2.30. The second kappa shape index (κ2) is 6.24. The van der Waals surface area contributed by atoms with Gasteiger partial charge in [-0.2, -0.15) is 0 Å². The molecule has 1 aromatic rings. The van der Waals surface area contributed by atoms with E-state index in [0.29, 0.717) is 11.6 Å². The molecule has 2 atom stereocenters. The lowest BCUT2D eigenvalue weighted by Crippen LogP contribution is -2.22. The zero-order valence-electron chi connectivity index (χ0n) is 9.91. The summed E-state index contributed by atoms with van der Waals surface area (Å²) >= 11 is 6.12. The predicted octanol–water partition coefficient (Wildman–Crippen LogP) is 3.06. The number of aliphatic hydroxyl groups is 1. The second-order valence-electron chi connectivity index (χ2n) is 4.25. The Morgan fingerprint density at radius 2 is 2.12 bits per heavy atom. The van der Waals surface area contributed by atoms with E-state index in [1.807, 2.05) is 25.1 Å². The quantitative estimate of drug-likeness (QED) is 0.832. The monoisotopic (exact) mass is 241 g/mol. The van der Waals surface area contributed by atoms with Gasteiger partial charge in [-0.3, -0.25) is 0 Å². The minimum Gasteiger partial charge on any atom is -0.388 e. The van der Waals surface area contributed by atoms with Gasteiger partial charge in [0, 0.05) is 10.9 Å². The van der Waals surface area contributed by atoms with Crippen LogP contribution < -0.4 is 5.73 Å². The Labute approximate surface area is 102 Å². The van der Waals surface area contributed by atoms with Crippen molar-refractivity contribution in [3.63, 3.8) is 0 Å². The molecule has 2 unspecified atom stereocenters. The van der Waals surface area contributed by atoms with Crippen LogP contribution in [0.4, 0.5) is 0 Å². The fourth-order valence-corrected chi connectivity index (χ4v) is 2.25. The van der Waals surface area contributed by atoms with Crippen molar-refractivity contribution in [2.24, 2.45) is 11.7 Å². The Balaban J connectivity index is 2.89. The molecule has 3 heteroatoms. The van der Waals surface area contributed by atoms with Crippen molar-refractivity contribution < 1.29 is 5.11 Å². The average molecular weight is 242 g/mol. The van der Waals surface area contributed by atoms with Crippen molar-refractivity contribution in [2.75, 3.05) is 6.54 Å². The first-order valence-corrected chi connectivity index (χ1v) is 6.12.